The molecule has 0 aliphatic carbocycles. The van der Waals surface area contributed by atoms with E-state index in [2.05, 4.69) is 21.3 Å². The van der Waals surface area contributed by atoms with Crippen LogP contribution in [0.5, 0.6) is 0 Å². The number of nitrogens with one attached hydrogen (secondary N) is 4. The molecule has 0 bridgehead atoms. The zero-order valence-corrected chi connectivity index (χ0v) is 50.5. The predicted molar refractivity (Wildman–Crippen MR) is 293 cm³/mol. The molecule has 0 rings (SSSR count). The summed E-state index contributed by atoms with van der Waals surface area (Å²) in [5.41, 5.74) is 0. The standard InChI is InChI=1S/C54H99N11O12/c1-23-38(55-29-66)50(72)59(16)28-43(67)60(17)39(24-30(2)3)48(70)58-44(34(10)11)53(75)61(18)40(25-31(4)5)47(69)56-36(14)46(68)57-37(15)49(71)62(19)41(26-32(6)7)51(73)63(20)42(27-33(8)9)52(74)64(21)45(35(12)13)54(76)65(22)77/h29-42,44-45,77H,23-28H2,1-22H3,(H,55,66)(H,56,69)(H,57,68)(H,58,70). The summed E-state index contributed by atoms with van der Waals surface area (Å²) < 4.78 is 0. The summed E-state index contributed by atoms with van der Waals surface area (Å²) in [6.45, 7) is 26.1. The van der Waals surface area contributed by atoms with Gasteiger partial charge in [-0.3, -0.25) is 57.9 Å². The Morgan fingerprint density at radius 3 is 1.23 bits per heavy atom. The first-order valence-electron chi connectivity index (χ1n) is 27.1. The molecule has 9 atom stereocenters. The third kappa shape index (κ3) is 21.5. The Hall–Kier alpha value is -5.87. The number of rotatable bonds is 32. The van der Waals surface area contributed by atoms with Gasteiger partial charge in [-0.2, -0.15) is 0 Å². The molecule has 0 saturated heterocycles. The van der Waals surface area contributed by atoms with Gasteiger partial charge < -0.3 is 50.7 Å². The summed E-state index contributed by atoms with van der Waals surface area (Å²) in [6.07, 6.45) is 1.52. The van der Waals surface area contributed by atoms with Gasteiger partial charge in [0.25, 0.3) is 5.91 Å². The minimum absolute atomic E-state index is 0.0676. The SMILES string of the molecule is CCC(NC=O)C(=O)N(C)CC(=O)N(C)C(CC(C)C)C(=O)NC(C(=O)N(C)C(CC(C)C)C(=O)NC(C)C(=O)NC(C)C(=O)N(C)C(CC(C)C)C(=O)N(C)C(CC(C)C)C(=O)N(C)C(C(=O)N(C)O)C(C)C)C(C)C. The molecule has 77 heavy (non-hydrogen) atoms. The van der Waals surface area contributed by atoms with Crippen LogP contribution in [-0.2, 0) is 52.7 Å². The molecule has 11 amide bonds. The Bertz CT molecular complexity index is 2010. The molecule has 442 valence electrons. The first-order valence-corrected chi connectivity index (χ1v) is 27.1. The minimum Gasteiger partial charge on any atom is -0.347 e. The molecule has 0 aliphatic heterocycles. The Balaban J connectivity index is 6.52. The monoisotopic (exact) mass is 1090 g/mol. The quantitative estimate of drug-likeness (QED) is 0.0368. The van der Waals surface area contributed by atoms with E-state index in [9.17, 15) is 57.9 Å². The second-order valence-electron chi connectivity index (χ2n) is 23.1. The van der Waals surface area contributed by atoms with E-state index in [0.29, 0.717) is 17.9 Å². The van der Waals surface area contributed by atoms with Crippen LogP contribution in [0.3, 0.4) is 0 Å². The second-order valence-corrected chi connectivity index (χ2v) is 23.1. The molecule has 9 unspecified atom stereocenters. The van der Waals surface area contributed by atoms with Crippen molar-refractivity contribution in [2.45, 2.75) is 190 Å². The van der Waals surface area contributed by atoms with Crippen LogP contribution in [0.1, 0.15) is 136 Å². The van der Waals surface area contributed by atoms with Crippen molar-refractivity contribution in [1.29, 1.82) is 0 Å². The Morgan fingerprint density at radius 1 is 0.442 bits per heavy atom. The molecule has 5 N–H and O–H groups in total. The molecule has 0 spiro atoms. The van der Waals surface area contributed by atoms with Crippen LogP contribution in [0.25, 0.3) is 0 Å². The zero-order chi connectivity index (χ0) is 60.3. The van der Waals surface area contributed by atoms with Crippen molar-refractivity contribution < 1.29 is 57.9 Å². The number of hydrogen-bond acceptors (Lipinski definition) is 12. The van der Waals surface area contributed by atoms with Crippen LogP contribution in [0.4, 0.5) is 0 Å². The van der Waals surface area contributed by atoms with Gasteiger partial charge in [-0.25, -0.2) is 5.06 Å². The average Bonchev–Trinajstić information content (AvgIpc) is 3.33. The number of carbonyl (C=O) groups excluding carboxylic acids is 11. The zero-order valence-electron chi connectivity index (χ0n) is 50.5. The summed E-state index contributed by atoms with van der Waals surface area (Å²) >= 11 is 0. The van der Waals surface area contributed by atoms with Crippen LogP contribution < -0.4 is 21.3 Å². The van der Waals surface area contributed by atoms with Gasteiger partial charge in [0.15, 0.2) is 0 Å². The topological polar surface area (TPSA) is 279 Å². The van der Waals surface area contributed by atoms with Crippen molar-refractivity contribution in [2.75, 3.05) is 55.9 Å². The molecular formula is C54H99N11O12. The molecule has 0 radical (unpaired) electrons. The van der Waals surface area contributed by atoms with E-state index in [4.69, 9.17) is 0 Å². The summed E-state index contributed by atoms with van der Waals surface area (Å²) in [5.74, 6) is -7.28. The molecule has 23 nitrogen and oxygen atoms in total. The minimum atomic E-state index is -1.22. The maximum Gasteiger partial charge on any atom is 0.268 e. The lowest BCUT2D eigenvalue weighted by molar-refractivity contribution is -0.170. The van der Waals surface area contributed by atoms with E-state index in [1.54, 1.807) is 34.6 Å². The fourth-order valence-corrected chi connectivity index (χ4v) is 9.02. The number of hydroxylamine groups is 2. The van der Waals surface area contributed by atoms with Crippen molar-refractivity contribution in [1.82, 2.24) is 55.7 Å². The van der Waals surface area contributed by atoms with Gasteiger partial charge in [-0.15, -0.1) is 0 Å². The Kier molecular flexibility index (Phi) is 30.3. The van der Waals surface area contributed by atoms with E-state index < -0.39 is 119 Å². The smallest absolute Gasteiger partial charge is 0.268 e. The molecule has 0 heterocycles. The lowest BCUT2D eigenvalue weighted by Gasteiger charge is -2.39. The maximum atomic E-state index is 14.5. The Morgan fingerprint density at radius 2 is 0.831 bits per heavy atom. The van der Waals surface area contributed by atoms with Crippen molar-refractivity contribution in [3.05, 3.63) is 0 Å². The first kappa shape index (κ1) is 71.1. The third-order valence-electron chi connectivity index (χ3n) is 13.7. The highest BCUT2D eigenvalue weighted by Crippen LogP contribution is 2.23. The van der Waals surface area contributed by atoms with Crippen LogP contribution >= 0.6 is 0 Å². The van der Waals surface area contributed by atoms with Crippen LogP contribution in [0, 0.1) is 35.5 Å². The average molecular weight is 1090 g/mol. The number of nitrogens with zero attached hydrogens (tertiary/aromatic N) is 7. The summed E-state index contributed by atoms with van der Waals surface area (Å²) in [5, 5.41) is 21.0. The fraction of sp³-hybridized carbons (Fsp3) is 0.796. The maximum absolute atomic E-state index is 14.5. The normalized spacial score (nSPS) is 15.0. The third-order valence-corrected chi connectivity index (χ3v) is 13.7. The number of carbonyl (C=O) groups is 11. The van der Waals surface area contributed by atoms with Crippen LogP contribution in [-0.4, -0.2) is 215 Å². The van der Waals surface area contributed by atoms with Gasteiger partial charge in [0, 0.05) is 49.3 Å². The van der Waals surface area contributed by atoms with Crippen molar-refractivity contribution in [3.63, 3.8) is 0 Å². The second kappa shape index (κ2) is 32.8. The van der Waals surface area contributed by atoms with E-state index >= 15 is 0 Å². The van der Waals surface area contributed by atoms with Crippen LogP contribution in [0.15, 0.2) is 0 Å². The first-order chi connectivity index (χ1) is 35.4. The summed E-state index contributed by atoms with van der Waals surface area (Å²) in [4.78, 5) is 157. The molecule has 0 aromatic rings. The van der Waals surface area contributed by atoms with Crippen molar-refractivity contribution in [3.8, 4) is 0 Å². The highest BCUT2D eigenvalue weighted by atomic mass is 16.5. The fourth-order valence-electron chi connectivity index (χ4n) is 9.02. The van der Waals surface area contributed by atoms with Gasteiger partial charge in [-0.05, 0) is 81.5 Å². The lowest BCUT2D eigenvalue weighted by Crippen LogP contribution is -2.61. The van der Waals surface area contributed by atoms with E-state index in [0.717, 1.165) is 0 Å². The van der Waals surface area contributed by atoms with E-state index in [1.807, 2.05) is 55.4 Å². The molecular weight excluding hydrogens is 995 g/mol. The number of hydrogen-bond donors (Lipinski definition) is 5. The largest absolute Gasteiger partial charge is 0.347 e. The molecule has 0 aromatic carbocycles. The van der Waals surface area contributed by atoms with Gasteiger partial charge in [-0.1, -0.05) is 90.0 Å². The van der Waals surface area contributed by atoms with Gasteiger partial charge in [0.2, 0.25) is 59.6 Å². The molecule has 0 aromatic heterocycles. The highest BCUT2D eigenvalue weighted by Gasteiger charge is 2.42. The molecule has 0 fully saturated rings. The van der Waals surface area contributed by atoms with Crippen molar-refractivity contribution >= 4 is 65.5 Å². The molecule has 0 saturated carbocycles. The highest BCUT2D eigenvalue weighted by molar-refractivity contribution is 5.98. The summed E-state index contributed by atoms with van der Waals surface area (Å²) in [7, 11) is 9.84. The number of amides is 11. The molecule has 0 aliphatic rings. The van der Waals surface area contributed by atoms with Gasteiger partial charge in [0.05, 0.1) is 6.54 Å². The van der Waals surface area contributed by atoms with Gasteiger partial charge >= 0.3 is 0 Å². The number of likely N-dealkylation sites (N-methyl/N-ethyl adjacent to an activating group) is 7. The van der Waals surface area contributed by atoms with Crippen LogP contribution in [0.2, 0.25) is 0 Å². The summed E-state index contributed by atoms with van der Waals surface area (Å²) in [6, 6.07) is -9.71. The predicted octanol–water partition coefficient (Wildman–Crippen LogP) is 1.94. The molecule has 23 heteroatoms. The van der Waals surface area contributed by atoms with Gasteiger partial charge in [0.1, 0.15) is 54.4 Å². The Labute approximate surface area is 459 Å². The lowest BCUT2D eigenvalue weighted by atomic mass is 9.96. The van der Waals surface area contributed by atoms with E-state index in [-0.39, 0.29) is 61.8 Å². The van der Waals surface area contributed by atoms with Crippen molar-refractivity contribution in [2.24, 2.45) is 35.5 Å². The van der Waals surface area contributed by atoms with E-state index in [1.165, 1.54) is 92.6 Å².